The van der Waals surface area contributed by atoms with Crippen LogP contribution in [0.25, 0.3) is 0 Å². The number of anilines is 1. The molecule has 0 saturated carbocycles. The number of benzene rings is 1. The first-order chi connectivity index (χ1) is 8.86. The molecule has 3 nitrogen and oxygen atoms in total. The van der Waals surface area contributed by atoms with Gasteiger partial charge in [0.1, 0.15) is 6.07 Å². The maximum atomic E-state index is 9.41. The van der Waals surface area contributed by atoms with Crippen molar-refractivity contribution >= 4 is 17.4 Å². The third-order valence-electron chi connectivity index (χ3n) is 2.98. The molecule has 0 unspecified atom stereocenters. The van der Waals surface area contributed by atoms with E-state index < -0.39 is 0 Å². The molecule has 1 aliphatic heterocycles. The zero-order chi connectivity index (χ0) is 12.8. The van der Waals surface area contributed by atoms with E-state index in [1.165, 1.54) is 0 Å². The van der Waals surface area contributed by atoms with Crippen molar-refractivity contribution < 1.29 is 4.74 Å². The first-order valence-corrected chi connectivity index (χ1v) is 7.34. The number of nitrogens with zero attached hydrogens (tertiary/aromatic N) is 2. The van der Waals surface area contributed by atoms with Gasteiger partial charge in [0.25, 0.3) is 0 Å². The zero-order valence-corrected chi connectivity index (χ0v) is 11.5. The lowest BCUT2D eigenvalue weighted by atomic mass is 10.1. The van der Waals surface area contributed by atoms with E-state index in [0.717, 1.165) is 54.6 Å². The summed E-state index contributed by atoms with van der Waals surface area (Å²) >= 11 is 1.73. The zero-order valence-electron chi connectivity index (χ0n) is 10.7. The van der Waals surface area contributed by atoms with Gasteiger partial charge in [-0.1, -0.05) is 13.0 Å². The topological polar surface area (TPSA) is 36.3 Å². The molecule has 0 radical (unpaired) electrons. The fourth-order valence-corrected chi connectivity index (χ4v) is 2.94. The van der Waals surface area contributed by atoms with Crippen LogP contribution in [-0.4, -0.2) is 32.1 Å². The Morgan fingerprint density at radius 2 is 2.28 bits per heavy atom. The van der Waals surface area contributed by atoms with E-state index in [0.29, 0.717) is 0 Å². The minimum Gasteiger partial charge on any atom is -0.380 e. The highest BCUT2D eigenvalue weighted by molar-refractivity contribution is 7.99. The van der Waals surface area contributed by atoms with E-state index in [-0.39, 0.29) is 0 Å². The molecule has 2 rings (SSSR count). The summed E-state index contributed by atoms with van der Waals surface area (Å²) in [5.41, 5.74) is 1.87. The van der Waals surface area contributed by atoms with Crippen LogP contribution in [0.15, 0.2) is 23.1 Å². The third kappa shape index (κ3) is 2.98. The molecule has 0 aliphatic carbocycles. The standard InChI is InChI=1S/C14H18N2OS/c1-2-18-14-6-3-5-13(12(14)11-15)16-7-4-9-17-10-8-16/h3,5-6H,2,4,7-10H2,1H3. The van der Waals surface area contributed by atoms with Gasteiger partial charge in [-0.05, 0) is 24.3 Å². The van der Waals surface area contributed by atoms with Gasteiger partial charge in [0.2, 0.25) is 0 Å². The normalized spacial score (nSPS) is 16.1. The van der Waals surface area contributed by atoms with Crippen LogP contribution in [-0.2, 0) is 4.74 Å². The highest BCUT2D eigenvalue weighted by atomic mass is 32.2. The van der Waals surface area contributed by atoms with Gasteiger partial charge in [0, 0.05) is 24.6 Å². The first kappa shape index (κ1) is 13.3. The second-order valence-corrected chi connectivity index (χ2v) is 5.45. The molecule has 0 N–H and O–H groups in total. The summed E-state index contributed by atoms with van der Waals surface area (Å²) in [4.78, 5) is 3.35. The fourth-order valence-electron chi connectivity index (χ4n) is 2.16. The molecule has 0 aromatic heterocycles. The third-order valence-corrected chi connectivity index (χ3v) is 3.92. The monoisotopic (exact) mass is 262 g/mol. The minimum absolute atomic E-state index is 0.746. The Morgan fingerprint density at radius 1 is 1.39 bits per heavy atom. The van der Waals surface area contributed by atoms with E-state index in [2.05, 4.69) is 17.9 Å². The highest BCUT2D eigenvalue weighted by Gasteiger charge is 2.16. The lowest BCUT2D eigenvalue weighted by Crippen LogP contribution is -2.26. The van der Waals surface area contributed by atoms with Gasteiger partial charge in [-0.2, -0.15) is 5.26 Å². The van der Waals surface area contributed by atoms with Gasteiger partial charge < -0.3 is 9.64 Å². The summed E-state index contributed by atoms with van der Waals surface area (Å²) in [6, 6.07) is 8.48. The second-order valence-electron chi connectivity index (χ2n) is 4.15. The summed E-state index contributed by atoms with van der Waals surface area (Å²) in [7, 11) is 0. The van der Waals surface area contributed by atoms with Crippen LogP contribution in [0.1, 0.15) is 18.9 Å². The van der Waals surface area contributed by atoms with Crippen LogP contribution in [0.3, 0.4) is 0 Å². The summed E-state index contributed by atoms with van der Waals surface area (Å²) in [6.45, 7) is 5.51. The summed E-state index contributed by atoms with van der Waals surface area (Å²) in [5, 5.41) is 9.41. The Hall–Kier alpha value is -1.18. The van der Waals surface area contributed by atoms with Crippen LogP contribution < -0.4 is 4.90 Å². The Balaban J connectivity index is 2.31. The molecule has 1 aromatic carbocycles. The van der Waals surface area contributed by atoms with Crippen molar-refractivity contribution in [1.82, 2.24) is 0 Å². The molecule has 1 aliphatic rings. The molecule has 1 fully saturated rings. The van der Waals surface area contributed by atoms with Crippen molar-refractivity contribution in [3.8, 4) is 6.07 Å². The molecule has 0 spiro atoms. The Kier molecular flexibility index (Phi) is 4.91. The number of hydrogen-bond acceptors (Lipinski definition) is 4. The predicted molar refractivity (Wildman–Crippen MR) is 75.2 cm³/mol. The lowest BCUT2D eigenvalue weighted by Gasteiger charge is -2.23. The molecular weight excluding hydrogens is 244 g/mol. The number of thioether (sulfide) groups is 1. The van der Waals surface area contributed by atoms with Crippen molar-refractivity contribution in [3.63, 3.8) is 0 Å². The summed E-state index contributed by atoms with van der Waals surface area (Å²) in [6.07, 6.45) is 1.02. The number of ether oxygens (including phenoxy) is 1. The van der Waals surface area contributed by atoms with E-state index in [9.17, 15) is 5.26 Å². The summed E-state index contributed by atoms with van der Waals surface area (Å²) < 4.78 is 5.47. The Bertz CT molecular complexity index is 434. The number of nitriles is 1. The van der Waals surface area contributed by atoms with Crippen LogP contribution in [0.2, 0.25) is 0 Å². The molecule has 0 amide bonds. The lowest BCUT2D eigenvalue weighted by molar-refractivity contribution is 0.152. The summed E-state index contributed by atoms with van der Waals surface area (Å²) in [5.74, 6) is 0.987. The van der Waals surface area contributed by atoms with Gasteiger partial charge in [0.05, 0.1) is 17.9 Å². The Labute approximate surface area is 113 Å². The molecule has 1 saturated heterocycles. The average Bonchev–Trinajstić information content (AvgIpc) is 2.67. The molecule has 4 heteroatoms. The van der Waals surface area contributed by atoms with Gasteiger partial charge in [-0.15, -0.1) is 11.8 Å². The van der Waals surface area contributed by atoms with Crippen LogP contribution in [0.5, 0.6) is 0 Å². The molecule has 18 heavy (non-hydrogen) atoms. The SMILES string of the molecule is CCSc1cccc(N2CCCOCC2)c1C#N. The molecule has 1 aromatic rings. The van der Waals surface area contributed by atoms with Crippen LogP contribution in [0, 0.1) is 11.3 Å². The molecule has 0 bridgehead atoms. The van der Waals surface area contributed by atoms with E-state index in [1.54, 1.807) is 11.8 Å². The van der Waals surface area contributed by atoms with Gasteiger partial charge in [-0.25, -0.2) is 0 Å². The second kappa shape index (κ2) is 6.67. The maximum absolute atomic E-state index is 9.41. The fraction of sp³-hybridized carbons (Fsp3) is 0.500. The molecule has 0 atom stereocenters. The highest BCUT2D eigenvalue weighted by Crippen LogP contribution is 2.30. The Morgan fingerprint density at radius 3 is 3.06 bits per heavy atom. The van der Waals surface area contributed by atoms with Gasteiger partial charge >= 0.3 is 0 Å². The molecule has 1 heterocycles. The van der Waals surface area contributed by atoms with E-state index >= 15 is 0 Å². The van der Waals surface area contributed by atoms with Crippen molar-refractivity contribution in [1.29, 1.82) is 5.26 Å². The number of rotatable bonds is 3. The number of hydrogen-bond donors (Lipinski definition) is 0. The quantitative estimate of drug-likeness (QED) is 0.785. The van der Waals surface area contributed by atoms with E-state index in [4.69, 9.17) is 4.74 Å². The predicted octanol–water partition coefficient (Wildman–Crippen LogP) is 2.90. The molecule has 96 valence electrons. The van der Waals surface area contributed by atoms with Crippen molar-refractivity contribution in [2.45, 2.75) is 18.2 Å². The minimum atomic E-state index is 0.746. The van der Waals surface area contributed by atoms with Crippen molar-refractivity contribution in [3.05, 3.63) is 23.8 Å². The van der Waals surface area contributed by atoms with Crippen LogP contribution >= 0.6 is 11.8 Å². The van der Waals surface area contributed by atoms with Crippen molar-refractivity contribution in [2.75, 3.05) is 37.0 Å². The van der Waals surface area contributed by atoms with Gasteiger partial charge in [0.15, 0.2) is 0 Å². The van der Waals surface area contributed by atoms with Crippen molar-refractivity contribution in [2.24, 2.45) is 0 Å². The smallest absolute Gasteiger partial charge is 0.103 e. The van der Waals surface area contributed by atoms with E-state index in [1.807, 2.05) is 18.2 Å². The first-order valence-electron chi connectivity index (χ1n) is 6.35. The van der Waals surface area contributed by atoms with Gasteiger partial charge in [-0.3, -0.25) is 0 Å². The maximum Gasteiger partial charge on any atom is 0.103 e. The average molecular weight is 262 g/mol. The molecular formula is C14H18N2OS. The van der Waals surface area contributed by atoms with Crippen LogP contribution in [0.4, 0.5) is 5.69 Å². The largest absolute Gasteiger partial charge is 0.380 e.